The van der Waals surface area contributed by atoms with Crippen LogP contribution in [0.5, 0.6) is 0 Å². The molecule has 0 bridgehead atoms. The van der Waals surface area contributed by atoms with Crippen molar-refractivity contribution in [3.05, 3.63) is 23.5 Å². The van der Waals surface area contributed by atoms with E-state index in [9.17, 15) is 72.5 Å². The zero-order valence-corrected chi connectivity index (χ0v) is 46.6. The molecule has 28 heteroatoms. The molecule has 442 valence electrons. The molecule has 0 unspecified atom stereocenters. The lowest BCUT2D eigenvalue weighted by Crippen LogP contribution is -2.62. The van der Waals surface area contributed by atoms with E-state index in [0.29, 0.717) is 12.8 Å². The Labute approximate surface area is 459 Å². The number of nitrogens with one attached hydrogen (secondary N) is 8. The summed E-state index contributed by atoms with van der Waals surface area (Å²) in [7, 11) is 1.10. The van der Waals surface area contributed by atoms with Crippen molar-refractivity contribution in [2.45, 2.75) is 193 Å². The van der Waals surface area contributed by atoms with Gasteiger partial charge in [0.2, 0.25) is 59.1 Å². The Morgan fingerprint density at radius 1 is 0.633 bits per heavy atom. The highest BCUT2D eigenvalue weighted by Gasteiger charge is 2.44. The van der Waals surface area contributed by atoms with Crippen molar-refractivity contribution in [3.63, 3.8) is 0 Å². The second-order valence-corrected chi connectivity index (χ2v) is 20.3. The van der Waals surface area contributed by atoms with Gasteiger partial charge in [0, 0.05) is 13.6 Å². The molecular weight excluding hydrogens is 1030 g/mol. The van der Waals surface area contributed by atoms with Crippen LogP contribution in [-0.4, -0.2) is 171 Å². The van der Waals surface area contributed by atoms with E-state index in [2.05, 4.69) is 49.5 Å². The molecule has 0 aromatic rings. The number of carbonyl (C=O) groups excluding carboxylic acids is 13. The maximum atomic E-state index is 14.5. The monoisotopic (exact) mass is 1120 g/mol. The van der Waals surface area contributed by atoms with Gasteiger partial charge in [-0.2, -0.15) is 0 Å². The van der Waals surface area contributed by atoms with E-state index in [1.54, 1.807) is 20.8 Å². The van der Waals surface area contributed by atoms with Gasteiger partial charge in [-0.05, 0) is 58.8 Å². The highest BCUT2D eigenvalue weighted by molar-refractivity contribution is 6.05. The number of nitrogens with two attached hydrogens (primary N) is 3. The molecule has 16 N–H and O–H groups in total. The molecular formula is C51H83N13O15. The van der Waals surface area contributed by atoms with Gasteiger partial charge >= 0.3 is 0 Å². The number of primary amides is 3. The van der Waals surface area contributed by atoms with Gasteiger partial charge < -0.3 is 79.7 Å². The normalized spacial score (nSPS) is 27.3. The maximum absolute atomic E-state index is 14.5. The lowest BCUT2D eigenvalue weighted by molar-refractivity contribution is -0.151. The average Bonchev–Trinajstić information content (AvgIpc) is 3.88. The zero-order valence-electron chi connectivity index (χ0n) is 46.6. The largest absolute Gasteiger partial charge is 0.391 e. The lowest BCUT2D eigenvalue weighted by atomic mass is 9.90. The number of carbonyl (C=O) groups is 13. The molecule has 28 nitrogen and oxygen atoms in total. The Balaban J connectivity index is 2.81. The van der Waals surface area contributed by atoms with Crippen LogP contribution in [0.25, 0.3) is 0 Å². The summed E-state index contributed by atoms with van der Waals surface area (Å²) in [5.41, 5.74) is 15.3. The molecule has 2 fully saturated rings. The van der Waals surface area contributed by atoms with E-state index >= 15 is 0 Å². The molecule has 0 saturated carbocycles. The molecule has 2 saturated heterocycles. The summed E-state index contributed by atoms with van der Waals surface area (Å²) in [5.74, 6) is -15.4. The highest BCUT2D eigenvalue weighted by Crippen LogP contribution is 2.24. The van der Waals surface area contributed by atoms with Gasteiger partial charge in [0.05, 0.1) is 31.4 Å². The number of likely N-dealkylation sites (N-methyl/N-ethyl adjacent to an activating group) is 1. The van der Waals surface area contributed by atoms with Crippen molar-refractivity contribution >= 4 is 76.8 Å². The van der Waals surface area contributed by atoms with Crippen LogP contribution >= 0.6 is 0 Å². The first kappa shape index (κ1) is 67.6. The standard InChI is InChI=1S/C51H83N13O15/c1-10-13-14-15-16-17-19-26(6)39-41(69)49(77)60-38(25(4)5)48(76)57-30(12-3)44(72)59-32(23-36(53)67)46(74)56-29(11-2)43(71)58-31(22-35(52)66)45(73)55-27(7)42(70)62-40(28(8)65)51(79)63(9)34(24-37(54)68)50(78)64-21-18-20-33(64)47(75)61-39/h11-12,25-28,31-34,38-41,65,69H,10,13-24H2,1-9H3,(H2,52,66)(H2,53,67)(H2,54,68)(H,55,73)(H,56,74)(H,57,76)(H,58,71)(H,59,72)(H,60,77)(H,61,75)(H,62,70)/b29-11+,30-12+/t26-,27+,28+,31-,32-,33-,34-,38-,39+,40-,41+/m0/s1. The van der Waals surface area contributed by atoms with Crippen LogP contribution in [0.3, 0.4) is 0 Å². The van der Waals surface area contributed by atoms with Gasteiger partial charge in [-0.1, -0.05) is 78.4 Å². The van der Waals surface area contributed by atoms with E-state index in [4.69, 9.17) is 17.2 Å². The summed E-state index contributed by atoms with van der Waals surface area (Å²) in [4.78, 5) is 178. The minimum Gasteiger partial charge on any atom is -0.391 e. The Morgan fingerprint density at radius 3 is 1.65 bits per heavy atom. The number of amides is 13. The van der Waals surface area contributed by atoms with Crippen molar-refractivity contribution in [2.24, 2.45) is 29.0 Å². The van der Waals surface area contributed by atoms with Gasteiger partial charge in [-0.3, -0.25) is 62.3 Å². The van der Waals surface area contributed by atoms with E-state index in [0.717, 1.165) is 75.0 Å². The molecule has 13 amide bonds. The van der Waals surface area contributed by atoms with E-state index in [-0.39, 0.29) is 19.4 Å². The SMILES string of the molecule is C/C=C1/NC(=O)[C@H](CC(N)=O)NC(=O)/C(=C\C)NC(=O)[C@H](C(C)C)NC(=O)[C@H](O)[C@@H]([C@@H](C)CCCCCCCC)NC(=O)[C@@H]2CCCN2C(=O)[C@H](CC(N)=O)N(C)C(=O)[C@H]([C@@H](C)O)NC(=O)[C@@H](C)NC(=O)[C@H](CC(N)=O)NC1=O. The van der Waals surface area contributed by atoms with Gasteiger partial charge in [-0.15, -0.1) is 0 Å². The van der Waals surface area contributed by atoms with Gasteiger partial charge in [0.25, 0.3) is 17.7 Å². The quantitative estimate of drug-likeness (QED) is 0.0521. The number of aliphatic hydroxyl groups excluding tert-OH is 2. The smallest absolute Gasteiger partial charge is 0.268 e. The third-order valence-electron chi connectivity index (χ3n) is 13.6. The van der Waals surface area contributed by atoms with Crippen molar-refractivity contribution in [1.82, 2.24) is 52.3 Å². The number of fused-ring (bicyclic) bond motifs is 1. The molecule has 2 aliphatic heterocycles. The lowest BCUT2D eigenvalue weighted by Gasteiger charge is -2.36. The maximum Gasteiger partial charge on any atom is 0.268 e. The number of aliphatic hydroxyl groups is 2. The molecule has 11 atom stereocenters. The first-order valence-corrected chi connectivity index (χ1v) is 26.6. The number of unbranched alkanes of at least 4 members (excludes halogenated alkanes) is 5. The summed E-state index contributed by atoms with van der Waals surface area (Å²) in [6, 6.07) is -12.9. The fraction of sp³-hybridized carbons (Fsp3) is 0.667. The minimum atomic E-state index is -2.02. The summed E-state index contributed by atoms with van der Waals surface area (Å²) in [6.07, 6.45) is 2.07. The number of nitrogens with zero attached hydrogens (tertiary/aromatic N) is 2. The van der Waals surface area contributed by atoms with Gasteiger partial charge in [0.15, 0.2) is 6.10 Å². The third kappa shape index (κ3) is 20.7. The molecule has 2 rings (SSSR count). The van der Waals surface area contributed by atoms with E-state index in [1.807, 2.05) is 0 Å². The van der Waals surface area contributed by atoms with Gasteiger partial charge in [-0.25, -0.2) is 0 Å². The van der Waals surface area contributed by atoms with Gasteiger partial charge in [0.1, 0.15) is 53.7 Å². The molecule has 0 aromatic carbocycles. The number of hydrogen-bond donors (Lipinski definition) is 13. The number of allylic oxidation sites excluding steroid dienone is 2. The van der Waals surface area contributed by atoms with Crippen LogP contribution in [0.4, 0.5) is 0 Å². The van der Waals surface area contributed by atoms with Crippen molar-refractivity contribution in [2.75, 3.05) is 13.6 Å². The zero-order chi connectivity index (χ0) is 60.0. The first-order valence-electron chi connectivity index (χ1n) is 26.6. The molecule has 0 spiro atoms. The highest BCUT2D eigenvalue weighted by atomic mass is 16.3. The number of rotatable bonds is 16. The second kappa shape index (κ2) is 32.4. The predicted molar refractivity (Wildman–Crippen MR) is 283 cm³/mol. The van der Waals surface area contributed by atoms with E-state index < -0.39 is 180 Å². The van der Waals surface area contributed by atoms with Crippen molar-refractivity contribution in [3.8, 4) is 0 Å². The van der Waals surface area contributed by atoms with E-state index in [1.165, 1.54) is 13.8 Å². The van der Waals surface area contributed by atoms with Crippen LogP contribution in [0.15, 0.2) is 23.5 Å². The minimum absolute atomic E-state index is 0.0557. The fourth-order valence-corrected chi connectivity index (χ4v) is 8.89. The van der Waals surface area contributed by atoms with Crippen LogP contribution in [0, 0.1) is 11.8 Å². The fourth-order valence-electron chi connectivity index (χ4n) is 8.89. The molecule has 79 heavy (non-hydrogen) atoms. The molecule has 2 aliphatic rings. The Hall–Kier alpha value is -7.49. The Kier molecular flexibility index (Phi) is 27.7. The Morgan fingerprint density at radius 2 is 1.14 bits per heavy atom. The molecule has 2 heterocycles. The summed E-state index contributed by atoms with van der Waals surface area (Å²) >= 11 is 0. The van der Waals surface area contributed by atoms with Crippen LogP contribution in [0.1, 0.15) is 132 Å². The van der Waals surface area contributed by atoms with Crippen LogP contribution in [-0.2, 0) is 62.3 Å². The van der Waals surface area contributed by atoms with Crippen molar-refractivity contribution in [1.29, 1.82) is 0 Å². The summed E-state index contributed by atoms with van der Waals surface area (Å²) < 4.78 is 0. The Bertz CT molecular complexity index is 2320. The predicted octanol–water partition coefficient (Wildman–Crippen LogP) is -3.80. The topological polar surface area (TPSA) is 443 Å². The van der Waals surface area contributed by atoms with Crippen LogP contribution < -0.4 is 59.7 Å². The molecule has 0 aliphatic carbocycles. The first-order chi connectivity index (χ1) is 37.0. The van der Waals surface area contributed by atoms with Crippen molar-refractivity contribution < 1.29 is 72.5 Å². The number of hydrogen-bond acceptors (Lipinski definition) is 15. The summed E-state index contributed by atoms with van der Waals surface area (Å²) in [6.45, 7) is 11.7. The third-order valence-corrected chi connectivity index (χ3v) is 13.6. The second-order valence-electron chi connectivity index (χ2n) is 20.3. The molecule has 0 aromatic heterocycles. The average molecular weight is 1120 g/mol. The van der Waals surface area contributed by atoms with Crippen LogP contribution in [0.2, 0.25) is 0 Å². The molecule has 0 radical (unpaired) electrons. The summed E-state index contributed by atoms with van der Waals surface area (Å²) in [5, 5.41) is 41.5.